The van der Waals surface area contributed by atoms with Crippen molar-refractivity contribution in [3.63, 3.8) is 0 Å². The molecule has 8 heteroatoms. The van der Waals surface area contributed by atoms with Gasteiger partial charge in [-0.3, -0.25) is 14.4 Å². The average molecular weight is 388 g/mol. The van der Waals surface area contributed by atoms with Crippen LogP contribution in [-0.2, 0) is 9.59 Å². The van der Waals surface area contributed by atoms with Crippen LogP contribution in [0.15, 0.2) is 17.1 Å². The summed E-state index contributed by atoms with van der Waals surface area (Å²) in [5.74, 6) is 0.540. The lowest BCUT2D eigenvalue weighted by Crippen LogP contribution is -2.67. The summed E-state index contributed by atoms with van der Waals surface area (Å²) < 4.78 is 4.97. The first-order valence-corrected chi connectivity index (χ1v) is 10.3. The number of likely N-dealkylation sites (tertiary alicyclic amines) is 1. The van der Waals surface area contributed by atoms with Crippen molar-refractivity contribution >= 4 is 17.7 Å². The van der Waals surface area contributed by atoms with Crippen LogP contribution in [-0.4, -0.2) is 64.2 Å². The van der Waals surface area contributed by atoms with Crippen LogP contribution in [0.25, 0.3) is 0 Å². The molecule has 152 valence electrons. The summed E-state index contributed by atoms with van der Waals surface area (Å²) in [6.45, 7) is 3.66. The van der Waals surface area contributed by atoms with Crippen molar-refractivity contribution in [3.05, 3.63) is 18.4 Å². The molecular formula is C20H28N4O4. The smallest absolute Gasteiger partial charge is 0.275 e. The van der Waals surface area contributed by atoms with E-state index in [-0.39, 0.29) is 41.6 Å². The molecule has 0 radical (unpaired) electrons. The fraction of sp³-hybridized carbons (Fsp3) is 0.700. The lowest BCUT2D eigenvalue weighted by Gasteiger charge is -2.56. The topological polar surface area (TPSA) is 95.7 Å². The van der Waals surface area contributed by atoms with Crippen LogP contribution in [0.2, 0.25) is 0 Å². The number of fused-ring (bicyclic) bond motifs is 4. The number of rotatable bonds is 5. The molecule has 4 atom stereocenters. The zero-order valence-electron chi connectivity index (χ0n) is 16.3. The van der Waals surface area contributed by atoms with E-state index < -0.39 is 0 Å². The fourth-order valence-electron chi connectivity index (χ4n) is 5.22. The molecule has 4 heterocycles. The maximum atomic E-state index is 12.8. The number of carbonyl (C=O) groups excluding carboxylic acids is 3. The van der Waals surface area contributed by atoms with Crippen LogP contribution in [0.4, 0.5) is 0 Å². The number of amides is 3. The predicted molar refractivity (Wildman–Crippen MR) is 100 cm³/mol. The third-order valence-electron chi connectivity index (χ3n) is 6.42. The normalized spacial score (nSPS) is 29.4. The highest BCUT2D eigenvalue weighted by Gasteiger charge is 2.50. The van der Waals surface area contributed by atoms with Crippen molar-refractivity contribution in [2.75, 3.05) is 19.6 Å². The van der Waals surface area contributed by atoms with Gasteiger partial charge in [-0.15, -0.1) is 0 Å². The second kappa shape index (κ2) is 7.93. The Morgan fingerprint density at radius 1 is 1.32 bits per heavy atom. The van der Waals surface area contributed by atoms with E-state index in [1.165, 1.54) is 12.7 Å². The van der Waals surface area contributed by atoms with Crippen LogP contribution < -0.4 is 5.32 Å². The average Bonchev–Trinajstić information content (AvgIpc) is 3.22. The highest BCUT2D eigenvalue weighted by atomic mass is 16.3. The van der Waals surface area contributed by atoms with Crippen LogP contribution in [0.1, 0.15) is 55.9 Å². The molecule has 4 rings (SSSR count). The Bertz CT molecular complexity index is 735. The van der Waals surface area contributed by atoms with Crippen molar-refractivity contribution in [2.24, 2.45) is 11.8 Å². The molecule has 3 amide bonds. The van der Waals surface area contributed by atoms with E-state index in [0.29, 0.717) is 38.2 Å². The zero-order chi connectivity index (χ0) is 19.7. The standard InChI is InChI=1S/C20H28N4O4/c1-2-4-18(25)21-8-17-14-7-13(16-5-3-6-19(26)24(16)17)9-23(10-14)20(27)15-11-28-12-22-15/h11-14,16-17H,2-10H2,1H3,(H,21,25)/t13-,14+,16+,17+/m1/s1. The van der Waals surface area contributed by atoms with Gasteiger partial charge in [0, 0.05) is 38.5 Å². The highest BCUT2D eigenvalue weighted by molar-refractivity contribution is 5.92. The van der Waals surface area contributed by atoms with Crippen molar-refractivity contribution in [3.8, 4) is 0 Å². The van der Waals surface area contributed by atoms with E-state index >= 15 is 0 Å². The largest absolute Gasteiger partial charge is 0.451 e. The molecule has 3 saturated heterocycles. The zero-order valence-corrected chi connectivity index (χ0v) is 16.3. The molecule has 0 aliphatic carbocycles. The number of aromatic nitrogens is 1. The summed E-state index contributed by atoms with van der Waals surface area (Å²) in [7, 11) is 0. The molecule has 8 nitrogen and oxygen atoms in total. The summed E-state index contributed by atoms with van der Waals surface area (Å²) in [6.07, 6.45) is 7.38. The van der Waals surface area contributed by atoms with Crippen LogP contribution in [0, 0.1) is 11.8 Å². The molecule has 0 unspecified atom stereocenters. The lowest BCUT2D eigenvalue weighted by molar-refractivity contribution is -0.152. The third-order valence-corrected chi connectivity index (χ3v) is 6.42. The van der Waals surface area contributed by atoms with Crippen LogP contribution >= 0.6 is 0 Å². The number of piperidine rings is 3. The minimum Gasteiger partial charge on any atom is -0.451 e. The number of hydrogen-bond donors (Lipinski definition) is 1. The number of oxazole rings is 1. The van der Waals surface area contributed by atoms with E-state index in [1.54, 1.807) is 0 Å². The van der Waals surface area contributed by atoms with Crippen molar-refractivity contribution in [1.29, 1.82) is 0 Å². The molecule has 1 aromatic heterocycles. The quantitative estimate of drug-likeness (QED) is 0.823. The Hall–Kier alpha value is -2.38. The summed E-state index contributed by atoms with van der Waals surface area (Å²) in [5.41, 5.74) is 0.323. The van der Waals surface area contributed by atoms with Gasteiger partial charge in [-0.2, -0.15) is 0 Å². The Kier molecular flexibility index (Phi) is 5.37. The predicted octanol–water partition coefficient (Wildman–Crippen LogP) is 1.43. The van der Waals surface area contributed by atoms with Gasteiger partial charge in [-0.1, -0.05) is 6.92 Å². The molecule has 0 saturated carbocycles. The first-order chi connectivity index (χ1) is 13.6. The first-order valence-electron chi connectivity index (χ1n) is 10.3. The van der Waals surface area contributed by atoms with Gasteiger partial charge in [-0.25, -0.2) is 4.98 Å². The minimum atomic E-state index is -0.118. The molecule has 3 aliphatic rings. The van der Waals surface area contributed by atoms with Crippen molar-refractivity contribution in [1.82, 2.24) is 20.1 Å². The number of nitrogens with one attached hydrogen (secondary N) is 1. The molecule has 3 fully saturated rings. The Balaban J connectivity index is 1.54. The van der Waals surface area contributed by atoms with Crippen molar-refractivity contribution in [2.45, 2.75) is 57.5 Å². The summed E-state index contributed by atoms with van der Waals surface area (Å²) in [5, 5.41) is 3.02. The van der Waals surface area contributed by atoms with E-state index in [0.717, 1.165) is 25.7 Å². The van der Waals surface area contributed by atoms with Gasteiger partial charge in [-0.05, 0) is 37.5 Å². The van der Waals surface area contributed by atoms with Gasteiger partial charge in [0.15, 0.2) is 12.1 Å². The Morgan fingerprint density at radius 3 is 2.89 bits per heavy atom. The van der Waals surface area contributed by atoms with Crippen LogP contribution in [0.3, 0.4) is 0 Å². The first kappa shape index (κ1) is 19.0. The maximum Gasteiger partial charge on any atom is 0.275 e. The number of nitrogens with zero attached hydrogens (tertiary/aromatic N) is 3. The minimum absolute atomic E-state index is 0.0250. The summed E-state index contributed by atoms with van der Waals surface area (Å²) in [6, 6.07) is 0.0984. The van der Waals surface area contributed by atoms with Crippen molar-refractivity contribution < 1.29 is 18.8 Å². The summed E-state index contributed by atoms with van der Waals surface area (Å²) >= 11 is 0. The molecule has 2 bridgehead atoms. The molecule has 1 N–H and O–H groups in total. The Morgan fingerprint density at radius 2 is 2.14 bits per heavy atom. The monoisotopic (exact) mass is 388 g/mol. The van der Waals surface area contributed by atoms with Gasteiger partial charge < -0.3 is 19.5 Å². The van der Waals surface area contributed by atoms with Crippen LogP contribution in [0.5, 0.6) is 0 Å². The fourth-order valence-corrected chi connectivity index (χ4v) is 5.22. The molecular weight excluding hydrogens is 360 g/mol. The van der Waals surface area contributed by atoms with E-state index in [1.807, 2.05) is 16.7 Å². The SMILES string of the molecule is CCCC(=O)NC[C@H]1[C@H]2C[C@H](CN(C(=O)c3cocn3)C2)[C@@H]2CCCC(=O)N21. The molecule has 28 heavy (non-hydrogen) atoms. The highest BCUT2D eigenvalue weighted by Crippen LogP contribution is 2.41. The number of carbonyl (C=O) groups is 3. The van der Waals surface area contributed by atoms with E-state index in [2.05, 4.69) is 10.3 Å². The van der Waals surface area contributed by atoms with Gasteiger partial charge in [0.05, 0.1) is 6.04 Å². The molecule has 3 aliphatic heterocycles. The number of hydrogen-bond acceptors (Lipinski definition) is 5. The second-order valence-electron chi connectivity index (χ2n) is 8.22. The molecule has 0 aromatic carbocycles. The van der Waals surface area contributed by atoms with Gasteiger partial charge in [0.2, 0.25) is 11.8 Å². The van der Waals surface area contributed by atoms with E-state index in [4.69, 9.17) is 4.42 Å². The Labute approximate surface area is 164 Å². The van der Waals surface area contributed by atoms with Gasteiger partial charge >= 0.3 is 0 Å². The lowest BCUT2D eigenvalue weighted by atomic mass is 9.72. The van der Waals surface area contributed by atoms with Gasteiger partial charge in [0.1, 0.15) is 6.26 Å². The maximum absolute atomic E-state index is 12.8. The molecule has 1 aromatic rings. The van der Waals surface area contributed by atoms with Gasteiger partial charge in [0.25, 0.3) is 5.91 Å². The third kappa shape index (κ3) is 3.52. The second-order valence-corrected chi connectivity index (χ2v) is 8.22. The molecule has 0 spiro atoms. The van der Waals surface area contributed by atoms with E-state index in [9.17, 15) is 14.4 Å². The summed E-state index contributed by atoms with van der Waals surface area (Å²) in [4.78, 5) is 45.5.